The molecule has 0 radical (unpaired) electrons. The quantitative estimate of drug-likeness (QED) is 0.418. The van der Waals surface area contributed by atoms with E-state index in [9.17, 15) is 0 Å². The maximum Gasteiger partial charge on any atom is 0.189 e. The Morgan fingerprint density at radius 1 is 1.56 bits per heavy atom. The number of nitrogens with one attached hydrogen (secondary N) is 1. The van der Waals surface area contributed by atoms with Gasteiger partial charge in [-0.25, -0.2) is 4.99 Å². The zero-order valence-corrected chi connectivity index (χ0v) is 15.1. The lowest BCUT2D eigenvalue weighted by Gasteiger charge is -2.11. The van der Waals surface area contributed by atoms with Crippen LogP contribution < -0.4 is 11.1 Å². The molecule has 6 heteroatoms. The Kier molecular flexibility index (Phi) is 8.98. The highest BCUT2D eigenvalue weighted by atomic mass is 127. The Labute approximate surface area is 139 Å². The van der Waals surface area contributed by atoms with Crippen molar-refractivity contribution in [1.82, 2.24) is 5.32 Å². The van der Waals surface area contributed by atoms with Gasteiger partial charge in [-0.05, 0) is 31.0 Å². The lowest BCUT2D eigenvalue weighted by atomic mass is 10.2. The first-order valence-corrected chi connectivity index (χ1v) is 6.70. The van der Waals surface area contributed by atoms with Gasteiger partial charge in [-0.15, -0.1) is 24.0 Å². The number of guanidine groups is 1. The van der Waals surface area contributed by atoms with Crippen molar-refractivity contribution in [2.24, 2.45) is 10.7 Å². The Balaban J connectivity index is 0.00000289. The van der Waals surface area contributed by atoms with E-state index in [1.807, 2.05) is 18.2 Å². The minimum Gasteiger partial charge on any atom is -0.370 e. The zero-order valence-electron chi connectivity index (χ0n) is 10.4. The van der Waals surface area contributed by atoms with E-state index in [1.165, 1.54) is 0 Å². The summed E-state index contributed by atoms with van der Waals surface area (Å²) in [5.41, 5.74) is 6.73. The Morgan fingerprint density at radius 3 is 2.78 bits per heavy atom. The summed E-state index contributed by atoms with van der Waals surface area (Å²) in [7, 11) is 0. The molecule has 1 atom stereocenters. The van der Waals surface area contributed by atoms with Crippen molar-refractivity contribution in [1.29, 1.82) is 0 Å². The molecule has 0 amide bonds. The fourth-order valence-corrected chi connectivity index (χ4v) is 1.95. The lowest BCUT2D eigenvalue weighted by molar-refractivity contribution is 0.636. The van der Waals surface area contributed by atoms with Crippen molar-refractivity contribution in [2.75, 3.05) is 0 Å². The number of rotatable bonds is 4. The summed E-state index contributed by atoms with van der Waals surface area (Å²) in [6.07, 6.45) is 1.01. The number of hydrogen-bond donors (Lipinski definition) is 2. The van der Waals surface area contributed by atoms with E-state index >= 15 is 0 Å². The smallest absolute Gasteiger partial charge is 0.189 e. The third-order valence-corrected chi connectivity index (χ3v) is 3.29. The molecule has 0 spiro atoms. The second-order valence-corrected chi connectivity index (χ2v) is 5.21. The van der Waals surface area contributed by atoms with Gasteiger partial charge in [-0.2, -0.15) is 0 Å². The Bertz CT molecular complexity index is 412. The fourth-order valence-electron chi connectivity index (χ4n) is 1.22. The van der Waals surface area contributed by atoms with Crippen LogP contribution in [0.1, 0.15) is 25.8 Å². The topological polar surface area (TPSA) is 50.4 Å². The number of hydrogen-bond acceptors (Lipinski definition) is 1. The average Bonchev–Trinajstić information content (AvgIpc) is 2.27. The van der Waals surface area contributed by atoms with Crippen LogP contribution in [0.2, 0.25) is 5.02 Å². The third kappa shape index (κ3) is 6.24. The third-order valence-electron chi connectivity index (χ3n) is 2.44. The molecule has 0 saturated carbocycles. The molecule has 0 aliphatic carbocycles. The standard InChI is InChI=1S/C12H17BrClN3.HI/c1-3-8(2)17-12(15)16-7-9-4-5-10(13)6-11(9)14;/h4-6,8H,3,7H2,1-2H3,(H3,15,16,17);1H. The highest BCUT2D eigenvalue weighted by molar-refractivity contribution is 14.0. The number of aliphatic imine (C=N–C) groups is 1. The van der Waals surface area contributed by atoms with Crippen molar-refractivity contribution >= 4 is 57.5 Å². The van der Waals surface area contributed by atoms with E-state index in [0.29, 0.717) is 23.6 Å². The van der Waals surface area contributed by atoms with Crippen LogP contribution >= 0.6 is 51.5 Å². The second kappa shape index (κ2) is 8.98. The molecule has 18 heavy (non-hydrogen) atoms. The summed E-state index contributed by atoms with van der Waals surface area (Å²) in [6, 6.07) is 6.06. The van der Waals surface area contributed by atoms with Crippen LogP contribution in [0.4, 0.5) is 0 Å². The van der Waals surface area contributed by atoms with Gasteiger partial charge in [0.1, 0.15) is 0 Å². The summed E-state index contributed by atoms with van der Waals surface area (Å²) in [6.45, 7) is 4.65. The van der Waals surface area contributed by atoms with Gasteiger partial charge >= 0.3 is 0 Å². The number of nitrogens with zero attached hydrogens (tertiary/aromatic N) is 1. The van der Waals surface area contributed by atoms with Crippen LogP contribution in [0.25, 0.3) is 0 Å². The Morgan fingerprint density at radius 2 is 2.22 bits per heavy atom. The van der Waals surface area contributed by atoms with Gasteiger partial charge < -0.3 is 11.1 Å². The van der Waals surface area contributed by atoms with E-state index in [1.54, 1.807) is 0 Å². The summed E-state index contributed by atoms with van der Waals surface area (Å²) in [5, 5.41) is 3.80. The van der Waals surface area contributed by atoms with Crippen molar-refractivity contribution in [3.63, 3.8) is 0 Å². The minimum atomic E-state index is 0. The second-order valence-electron chi connectivity index (χ2n) is 3.89. The molecule has 0 saturated heterocycles. The maximum atomic E-state index is 6.09. The molecule has 0 bridgehead atoms. The van der Waals surface area contributed by atoms with Crippen molar-refractivity contribution in [3.05, 3.63) is 33.3 Å². The molecule has 0 aliphatic heterocycles. The largest absolute Gasteiger partial charge is 0.370 e. The van der Waals surface area contributed by atoms with Gasteiger partial charge in [0.25, 0.3) is 0 Å². The molecule has 3 nitrogen and oxygen atoms in total. The number of halogens is 3. The highest BCUT2D eigenvalue weighted by Gasteiger charge is 2.02. The molecule has 0 heterocycles. The van der Waals surface area contributed by atoms with Crippen LogP contribution in [0.15, 0.2) is 27.7 Å². The summed E-state index contributed by atoms with van der Waals surface area (Å²) in [4.78, 5) is 4.26. The van der Waals surface area contributed by atoms with Gasteiger partial charge in [0, 0.05) is 15.5 Å². The van der Waals surface area contributed by atoms with E-state index in [0.717, 1.165) is 16.5 Å². The molecule has 1 aromatic rings. The van der Waals surface area contributed by atoms with Crippen LogP contribution in [-0.4, -0.2) is 12.0 Å². The molecular formula is C12H18BrClIN3. The summed E-state index contributed by atoms with van der Waals surface area (Å²) < 4.78 is 0.959. The molecule has 1 aromatic carbocycles. The molecule has 1 unspecified atom stereocenters. The van der Waals surface area contributed by atoms with Crippen molar-refractivity contribution in [3.8, 4) is 0 Å². The molecule has 102 valence electrons. The predicted octanol–water partition coefficient (Wildman–Crippen LogP) is 3.92. The summed E-state index contributed by atoms with van der Waals surface area (Å²) in [5.74, 6) is 0.457. The first kappa shape index (κ1) is 18.0. The lowest BCUT2D eigenvalue weighted by Crippen LogP contribution is -2.38. The van der Waals surface area contributed by atoms with Crippen LogP contribution in [0.3, 0.4) is 0 Å². The number of nitrogens with two attached hydrogens (primary N) is 1. The van der Waals surface area contributed by atoms with E-state index in [4.69, 9.17) is 17.3 Å². The molecule has 0 aromatic heterocycles. The van der Waals surface area contributed by atoms with Gasteiger partial charge in [0.05, 0.1) is 6.54 Å². The monoisotopic (exact) mass is 445 g/mol. The molecule has 0 aliphatic rings. The van der Waals surface area contributed by atoms with E-state index < -0.39 is 0 Å². The van der Waals surface area contributed by atoms with Gasteiger partial charge in [0.15, 0.2) is 5.96 Å². The molecular weight excluding hydrogens is 428 g/mol. The summed E-state index contributed by atoms with van der Waals surface area (Å²) >= 11 is 9.45. The Hall–Kier alpha value is -0.0100. The van der Waals surface area contributed by atoms with Crippen molar-refractivity contribution < 1.29 is 0 Å². The maximum absolute atomic E-state index is 6.09. The zero-order chi connectivity index (χ0) is 12.8. The fraction of sp³-hybridized carbons (Fsp3) is 0.417. The van der Waals surface area contributed by atoms with Crippen LogP contribution in [0.5, 0.6) is 0 Å². The first-order chi connectivity index (χ1) is 8.02. The van der Waals surface area contributed by atoms with E-state index in [2.05, 4.69) is 40.1 Å². The number of benzene rings is 1. The normalized spacial score (nSPS) is 12.8. The van der Waals surface area contributed by atoms with Gasteiger partial charge in [-0.1, -0.05) is 40.5 Å². The molecule has 1 rings (SSSR count). The van der Waals surface area contributed by atoms with E-state index in [-0.39, 0.29) is 24.0 Å². The molecule has 3 N–H and O–H groups in total. The van der Waals surface area contributed by atoms with Gasteiger partial charge in [0.2, 0.25) is 0 Å². The molecule has 0 fully saturated rings. The van der Waals surface area contributed by atoms with Gasteiger partial charge in [-0.3, -0.25) is 0 Å². The first-order valence-electron chi connectivity index (χ1n) is 5.53. The van der Waals surface area contributed by atoms with Crippen LogP contribution in [-0.2, 0) is 6.54 Å². The SMILES string of the molecule is CCC(C)NC(N)=NCc1ccc(Br)cc1Cl.I. The van der Waals surface area contributed by atoms with Crippen molar-refractivity contribution in [2.45, 2.75) is 32.9 Å². The highest BCUT2D eigenvalue weighted by Crippen LogP contribution is 2.21. The van der Waals surface area contributed by atoms with Crippen LogP contribution in [0, 0.1) is 0 Å². The average molecular weight is 447 g/mol. The minimum absolute atomic E-state index is 0. The predicted molar refractivity (Wildman–Crippen MR) is 92.8 cm³/mol.